The molecule has 1 heterocycles. The first-order valence-electron chi connectivity index (χ1n) is 2.88. The number of hydrogen-bond acceptors (Lipinski definition) is 1. The molecule has 9 heavy (non-hydrogen) atoms. The van der Waals surface area contributed by atoms with Crippen LogP contribution in [0.2, 0.25) is 0 Å². The minimum Gasteiger partial charge on any atom is -0.217 e. The standard InChI is InChI=1S/C5H9NS3/c7-5(8)6-1-3-9-4-2-6/h1-4H2,(H,7,8)/p+1. The zero-order chi connectivity index (χ0) is 6.69. The van der Waals surface area contributed by atoms with E-state index in [1.54, 1.807) is 0 Å². The summed E-state index contributed by atoms with van der Waals surface area (Å²) in [4.78, 5) is 0. The lowest BCUT2D eigenvalue weighted by Crippen LogP contribution is -2.25. The van der Waals surface area contributed by atoms with E-state index in [2.05, 4.69) is 29.8 Å². The number of rotatable bonds is 0. The molecule has 4 heteroatoms. The first-order valence-corrected chi connectivity index (χ1v) is 4.93. The molecular formula is C5H10NS3+. The summed E-state index contributed by atoms with van der Waals surface area (Å²) in [7, 11) is 0. The van der Waals surface area contributed by atoms with Gasteiger partial charge in [-0.1, -0.05) is 25.3 Å². The summed E-state index contributed by atoms with van der Waals surface area (Å²) in [6, 6.07) is 0. The highest BCUT2D eigenvalue weighted by Crippen LogP contribution is 2.06. The Kier molecular flexibility index (Phi) is 3.29. The summed E-state index contributed by atoms with van der Waals surface area (Å²) >= 11 is 10.3. The van der Waals surface area contributed by atoms with Crippen LogP contribution < -0.4 is 0 Å². The summed E-state index contributed by atoms with van der Waals surface area (Å²) < 4.78 is 3.04. The van der Waals surface area contributed by atoms with E-state index in [0.29, 0.717) is 0 Å². The van der Waals surface area contributed by atoms with Gasteiger partial charge in [-0.3, -0.25) is 0 Å². The van der Waals surface area contributed by atoms with Crippen molar-refractivity contribution in [3.05, 3.63) is 0 Å². The molecule has 0 atom stereocenters. The third kappa shape index (κ3) is 2.43. The van der Waals surface area contributed by atoms with Crippen LogP contribution >= 0.6 is 37.0 Å². The first-order chi connectivity index (χ1) is 4.30. The highest BCUT2D eigenvalue weighted by Gasteiger charge is 2.12. The van der Waals surface area contributed by atoms with Gasteiger partial charge in [-0.15, -0.1) is 11.8 Å². The van der Waals surface area contributed by atoms with Gasteiger partial charge in [0.1, 0.15) is 0 Å². The molecule has 1 fully saturated rings. The lowest BCUT2D eigenvalue weighted by molar-refractivity contribution is -0.515. The number of nitrogens with zero attached hydrogens (tertiary/aromatic N) is 1. The van der Waals surface area contributed by atoms with E-state index in [9.17, 15) is 0 Å². The lowest BCUT2D eigenvalue weighted by Gasteiger charge is -2.08. The van der Waals surface area contributed by atoms with Crippen LogP contribution in [0.25, 0.3) is 0 Å². The molecule has 1 aliphatic heterocycles. The lowest BCUT2D eigenvalue weighted by atomic mass is 10.6. The zero-order valence-corrected chi connectivity index (χ0v) is 7.68. The Morgan fingerprint density at radius 2 is 1.78 bits per heavy atom. The van der Waals surface area contributed by atoms with E-state index in [1.165, 1.54) is 11.5 Å². The van der Waals surface area contributed by atoms with Crippen molar-refractivity contribution in [1.82, 2.24) is 0 Å². The van der Waals surface area contributed by atoms with Gasteiger partial charge in [-0.05, 0) is 0 Å². The maximum Gasteiger partial charge on any atom is 0.263 e. The maximum absolute atomic E-state index is 4.14. The Morgan fingerprint density at radius 3 is 2.11 bits per heavy atom. The Morgan fingerprint density at radius 1 is 1.22 bits per heavy atom. The van der Waals surface area contributed by atoms with Gasteiger partial charge in [0, 0.05) is 0 Å². The molecule has 52 valence electrons. The Balaban J connectivity index is 2.49. The van der Waals surface area contributed by atoms with Crippen LogP contribution in [-0.4, -0.2) is 33.5 Å². The fourth-order valence-electron chi connectivity index (χ4n) is 0.763. The van der Waals surface area contributed by atoms with Crippen molar-refractivity contribution < 1.29 is 4.58 Å². The normalized spacial score (nSPS) is 20.0. The largest absolute Gasteiger partial charge is 0.263 e. The van der Waals surface area contributed by atoms with Crippen LogP contribution in [0.5, 0.6) is 0 Å². The van der Waals surface area contributed by atoms with Crippen molar-refractivity contribution in [2.45, 2.75) is 0 Å². The van der Waals surface area contributed by atoms with Gasteiger partial charge in [-0.25, -0.2) is 4.58 Å². The molecule has 0 aliphatic carbocycles. The minimum absolute atomic E-state index is 0.857. The molecule has 0 aromatic rings. The molecular weight excluding hydrogens is 170 g/mol. The smallest absolute Gasteiger partial charge is 0.217 e. The van der Waals surface area contributed by atoms with Crippen molar-refractivity contribution in [2.75, 3.05) is 24.6 Å². The van der Waals surface area contributed by atoms with Crippen molar-refractivity contribution in [1.29, 1.82) is 0 Å². The van der Waals surface area contributed by atoms with Gasteiger partial charge in [-0.2, -0.15) is 0 Å². The van der Waals surface area contributed by atoms with Crippen LogP contribution in [-0.2, 0) is 0 Å². The molecule has 1 aliphatic rings. The minimum atomic E-state index is 0.857. The Labute approximate surface area is 70.7 Å². The quantitative estimate of drug-likeness (QED) is 0.319. The summed E-state index contributed by atoms with van der Waals surface area (Å²) in [5.41, 5.74) is 0. The molecule has 0 aromatic carbocycles. The molecule has 0 radical (unpaired) electrons. The molecule has 0 N–H and O–H groups in total. The number of thioether (sulfide) groups is 1. The summed E-state index contributed by atoms with van der Waals surface area (Å²) in [5.74, 6) is 2.43. The number of thiol groups is 2. The Hall–Kier alpha value is 0.720. The molecule has 1 saturated heterocycles. The van der Waals surface area contributed by atoms with Gasteiger partial charge in [0.15, 0.2) is 13.1 Å². The Bertz CT molecular complexity index is 120. The average molecular weight is 180 g/mol. The third-order valence-corrected chi connectivity index (χ3v) is 2.80. The molecule has 0 bridgehead atoms. The molecule has 0 unspecified atom stereocenters. The predicted octanol–water partition coefficient (Wildman–Crippen LogP) is 0.961. The first kappa shape index (κ1) is 7.82. The van der Waals surface area contributed by atoms with E-state index in [4.69, 9.17) is 0 Å². The molecule has 0 amide bonds. The SMILES string of the molecule is SC(S)=[N+]1CCSCC1. The molecule has 0 saturated carbocycles. The van der Waals surface area contributed by atoms with Crippen molar-refractivity contribution in [3.63, 3.8) is 0 Å². The van der Waals surface area contributed by atoms with E-state index < -0.39 is 0 Å². The van der Waals surface area contributed by atoms with Crippen LogP contribution in [0, 0.1) is 0 Å². The van der Waals surface area contributed by atoms with E-state index >= 15 is 0 Å². The number of hydrogen-bond donors (Lipinski definition) is 2. The van der Waals surface area contributed by atoms with Gasteiger partial charge in [0.25, 0.3) is 4.38 Å². The van der Waals surface area contributed by atoms with Crippen LogP contribution in [0.1, 0.15) is 0 Å². The fourth-order valence-corrected chi connectivity index (χ4v) is 2.07. The van der Waals surface area contributed by atoms with Gasteiger partial charge in [0.05, 0.1) is 11.5 Å². The highest BCUT2D eigenvalue weighted by atomic mass is 32.2. The zero-order valence-electron chi connectivity index (χ0n) is 5.08. The molecule has 1 nitrogen and oxygen atoms in total. The summed E-state index contributed by atoms with van der Waals surface area (Å²) in [5, 5.41) is 0. The highest BCUT2D eigenvalue weighted by molar-refractivity contribution is 8.23. The van der Waals surface area contributed by atoms with E-state index in [-0.39, 0.29) is 0 Å². The molecule has 1 rings (SSSR count). The van der Waals surface area contributed by atoms with Crippen LogP contribution in [0.3, 0.4) is 0 Å². The maximum atomic E-state index is 4.14. The second-order valence-corrected chi connectivity index (χ2v) is 4.32. The second-order valence-electron chi connectivity index (χ2n) is 1.90. The van der Waals surface area contributed by atoms with E-state index in [1.807, 2.05) is 11.8 Å². The van der Waals surface area contributed by atoms with Crippen LogP contribution in [0.15, 0.2) is 0 Å². The molecule has 0 spiro atoms. The van der Waals surface area contributed by atoms with E-state index in [0.717, 1.165) is 17.5 Å². The average Bonchev–Trinajstić information content (AvgIpc) is 1.90. The van der Waals surface area contributed by atoms with Crippen molar-refractivity contribution in [3.8, 4) is 0 Å². The monoisotopic (exact) mass is 180 g/mol. The summed E-state index contributed by atoms with van der Waals surface area (Å²) in [6.07, 6.45) is 0. The van der Waals surface area contributed by atoms with Gasteiger partial charge >= 0.3 is 0 Å². The second kappa shape index (κ2) is 3.78. The fraction of sp³-hybridized carbons (Fsp3) is 0.800. The third-order valence-electron chi connectivity index (χ3n) is 1.29. The van der Waals surface area contributed by atoms with Gasteiger partial charge in [0.2, 0.25) is 0 Å². The predicted molar refractivity (Wildman–Crippen MR) is 50.3 cm³/mol. The molecule has 0 aromatic heterocycles. The topological polar surface area (TPSA) is 3.01 Å². The van der Waals surface area contributed by atoms with Crippen LogP contribution in [0.4, 0.5) is 0 Å². The van der Waals surface area contributed by atoms with Crippen molar-refractivity contribution >= 4 is 41.4 Å². The van der Waals surface area contributed by atoms with Crippen molar-refractivity contribution in [2.24, 2.45) is 0 Å². The van der Waals surface area contributed by atoms with Gasteiger partial charge < -0.3 is 0 Å². The summed E-state index contributed by atoms with van der Waals surface area (Å²) in [6.45, 7) is 2.21.